The first-order valence-electron chi connectivity index (χ1n) is 5.00. The van der Waals surface area contributed by atoms with E-state index in [4.69, 9.17) is 0 Å². The maximum Gasteiger partial charge on any atom is 0.0175 e. The van der Waals surface area contributed by atoms with Gasteiger partial charge in [-0.15, -0.1) is 0 Å². The average Bonchev–Trinajstić information content (AvgIpc) is 2.23. The van der Waals surface area contributed by atoms with Crippen molar-refractivity contribution >= 4 is 22.0 Å². The molecule has 1 aromatic carbocycles. The van der Waals surface area contributed by atoms with E-state index in [0.29, 0.717) is 0 Å². The van der Waals surface area contributed by atoms with E-state index in [2.05, 4.69) is 51.6 Å². The van der Waals surface area contributed by atoms with Gasteiger partial charge in [0.1, 0.15) is 0 Å². The third-order valence-electron chi connectivity index (χ3n) is 2.44. The summed E-state index contributed by atoms with van der Waals surface area (Å²) >= 11 is 3.44. The minimum Gasteiger partial charge on any atom is -0.313 e. The Labute approximate surface area is 93.3 Å². The standard InChI is InChI=1S/C12H14BrN/c13-12-5-3-10(4-6-12)8-11-2-1-7-14-9-11/h3-6,8,14H,1-2,7,9H2/b11-8-. The fraction of sp³-hybridized carbons (Fsp3) is 0.333. The highest BCUT2D eigenvalue weighted by atomic mass is 79.9. The van der Waals surface area contributed by atoms with Crippen LogP contribution in [-0.2, 0) is 0 Å². The molecule has 1 N–H and O–H groups in total. The Hall–Kier alpha value is -0.600. The van der Waals surface area contributed by atoms with Crippen LogP contribution >= 0.6 is 15.9 Å². The van der Waals surface area contributed by atoms with Crippen molar-refractivity contribution in [3.63, 3.8) is 0 Å². The lowest BCUT2D eigenvalue weighted by molar-refractivity contribution is 0.613. The van der Waals surface area contributed by atoms with Crippen LogP contribution in [0.3, 0.4) is 0 Å². The van der Waals surface area contributed by atoms with Gasteiger partial charge in [0, 0.05) is 11.0 Å². The summed E-state index contributed by atoms with van der Waals surface area (Å²) in [6, 6.07) is 8.46. The average molecular weight is 252 g/mol. The molecule has 1 heterocycles. The van der Waals surface area contributed by atoms with Crippen LogP contribution in [0.2, 0.25) is 0 Å². The van der Waals surface area contributed by atoms with Crippen LogP contribution in [-0.4, -0.2) is 13.1 Å². The normalized spacial score (nSPS) is 19.9. The second-order valence-electron chi connectivity index (χ2n) is 3.63. The summed E-state index contributed by atoms with van der Waals surface area (Å²) < 4.78 is 1.14. The topological polar surface area (TPSA) is 12.0 Å². The lowest BCUT2D eigenvalue weighted by Gasteiger charge is -2.15. The summed E-state index contributed by atoms with van der Waals surface area (Å²) in [6.45, 7) is 2.22. The SMILES string of the molecule is Brc1ccc(/C=C2/CCCNC2)cc1. The molecule has 14 heavy (non-hydrogen) atoms. The van der Waals surface area contributed by atoms with Crippen molar-refractivity contribution in [1.29, 1.82) is 0 Å². The molecular formula is C12H14BrN. The Morgan fingerprint density at radius 3 is 2.64 bits per heavy atom. The minimum absolute atomic E-state index is 1.05. The third kappa shape index (κ3) is 2.69. The zero-order valence-corrected chi connectivity index (χ0v) is 9.68. The Kier molecular flexibility index (Phi) is 3.38. The number of hydrogen-bond acceptors (Lipinski definition) is 1. The lowest BCUT2D eigenvalue weighted by atomic mass is 10.0. The summed E-state index contributed by atoms with van der Waals surface area (Å²) in [5, 5.41) is 3.39. The molecule has 1 saturated heterocycles. The quantitative estimate of drug-likeness (QED) is 0.809. The molecule has 0 saturated carbocycles. The summed E-state index contributed by atoms with van der Waals surface area (Å²) in [6.07, 6.45) is 4.80. The van der Waals surface area contributed by atoms with Gasteiger partial charge in [-0.3, -0.25) is 0 Å². The summed E-state index contributed by atoms with van der Waals surface area (Å²) in [7, 11) is 0. The first-order chi connectivity index (χ1) is 6.84. The highest BCUT2D eigenvalue weighted by Crippen LogP contribution is 2.16. The molecular weight excluding hydrogens is 238 g/mol. The van der Waals surface area contributed by atoms with Gasteiger partial charge in [-0.2, -0.15) is 0 Å². The lowest BCUT2D eigenvalue weighted by Crippen LogP contribution is -2.23. The molecule has 1 aromatic rings. The van der Waals surface area contributed by atoms with Gasteiger partial charge in [0.25, 0.3) is 0 Å². The van der Waals surface area contributed by atoms with E-state index in [1.165, 1.54) is 24.0 Å². The van der Waals surface area contributed by atoms with E-state index < -0.39 is 0 Å². The fourth-order valence-corrected chi connectivity index (χ4v) is 1.96. The van der Waals surface area contributed by atoms with Crippen LogP contribution in [0, 0.1) is 0 Å². The predicted octanol–water partition coefficient (Wildman–Crippen LogP) is 3.22. The molecule has 0 unspecified atom stereocenters. The molecule has 0 atom stereocenters. The molecule has 0 spiro atoms. The first-order valence-corrected chi connectivity index (χ1v) is 5.79. The Bertz CT molecular complexity index is 319. The van der Waals surface area contributed by atoms with E-state index in [9.17, 15) is 0 Å². The maximum atomic E-state index is 3.44. The van der Waals surface area contributed by atoms with Crippen LogP contribution in [0.1, 0.15) is 18.4 Å². The largest absolute Gasteiger partial charge is 0.313 e. The number of piperidine rings is 1. The minimum atomic E-state index is 1.05. The van der Waals surface area contributed by atoms with Gasteiger partial charge in [0.2, 0.25) is 0 Å². The van der Waals surface area contributed by atoms with E-state index in [-0.39, 0.29) is 0 Å². The molecule has 0 radical (unpaired) electrons. The highest BCUT2D eigenvalue weighted by Gasteiger charge is 2.03. The molecule has 0 aromatic heterocycles. The number of hydrogen-bond donors (Lipinski definition) is 1. The summed E-state index contributed by atoms with van der Waals surface area (Å²) in [5.41, 5.74) is 2.81. The highest BCUT2D eigenvalue weighted by molar-refractivity contribution is 9.10. The van der Waals surface area contributed by atoms with Crippen LogP contribution < -0.4 is 5.32 Å². The summed E-state index contributed by atoms with van der Waals surface area (Å²) in [4.78, 5) is 0. The molecule has 0 aliphatic carbocycles. The zero-order chi connectivity index (χ0) is 9.80. The molecule has 1 nitrogen and oxygen atoms in total. The van der Waals surface area contributed by atoms with Crippen molar-refractivity contribution in [1.82, 2.24) is 5.32 Å². The number of rotatable bonds is 1. The molecule has 74 valence electrons. The number of benzene rings is 1. The van der Waals surface area contributed by atoms with Gasteiger partial charge < -0.3 is 5.32 Å². The van der Waals surface area contributed by atoms with Gasteiger partial charge in [-0.25, -0.2) is 0 Å². The smallest absolute Gasteiger partial charge is 0.0175 e. The van der Waals surface area contributed by atoms with Crippen LogP contribution in [0.15, 0.2) is 34.3 Å². The molecule has 0 amide bonds. The van der Waals surface area contributed by atoms with Crippen molar-refractivity contribution in [2.75, 3.05) is 13.1 Å². The number of halogens is 1. The second-order valence-corrected chi connectivity index (χ2v) is 4.55. The summed E-state index contributed by atoms with van der Waals surface area (Å²) in [5.74, 6) is 0. The van der Waals surface area contributed by atoms with Crippen LogP contribution in [0.25, 0.3) is 6.08 Å². The molecule has 1 aliphatic rings. The maximum absolute atomic E-state index is 3.44. The Morgan fingerprint density at radius 2 is 2.00 bits per heavy atom. The van der Waals surface area contributed by atoms with Crippen molar-refractivity contribution in [2.24, 2.45) is 0 Å². The van der Waals surface area contributed by atoms with Gasteiger partial charge in [0.05, 0.1) is 0 Å². The second kappa shape index (κ2) is 4.76. The third-order valence-corrected chi connectivity index (χ3v) is 2.97. The monoisotopic (exact) mass is 251 g/mol. The van der Waals surface area contributed by atoms with Crippen molar-refractivity contribution in [2.45, 2.75) is 12.8 Å². The molecule has 2 rings (SSSR count). The van der Waals surface area contributed by atoms with Crippen molar-refractivity contribution < 1.29 is 0 Å². The van der Waals surface area contributed by atoms with Crippen molar-refractivity contribution in [3.05, 3.63) is 39.9 Å². The van der Waals surface area contributed by atoms with E-state index in [1.807, 2.05) is 0 Å². The van der Waals surface area contributed by atoms with E-state index in [0.717, 1.165) is 17.6 Å². The van der Waals surface area contributed by atoms with Crippen LogP contribution in [0.4, 0.5) is 0 Å². The Balaban J connectivity index is 2.11. The zero-order valence-electron chi connectivity index (χ0n) is 8.09. The molecule has 1 aliphatic heterocycles. The van der Waals surface area contributed by atoms with Crippen molar-refractivity contribution in [3.8, 4) is 0 Å². The van der Waals surface area contributed by atoms with Gasteiger partial charge in [0.15, 0.2) is 0 Å². The van der Waals surface area contributed by atoms with Crippen LogP contribution in [0.5, 0.6) is 0 Å². The molecule has 0 bridgehead atoms. The van der Waals surface area contributed by atoms with Gasteiger partial charge in [-0.1, -0.05) is 39.7 Å². The first kappa shape index (κ1) is 9.94. The Morgan fingerprint density at radius 1 is 1.21 bits per heavy atom. The predicted molar refractivity (Wildman–Crippen MR) is 64.2 cm³/mol. The van der Waals surface area contributed by atoms with E-state index >= 15 is 0 Å². The molecule has 2 heteroatoms. The molecule has 1 fully saturated rings. The van der Waals surface area contributed by atoms with Gasteiger partial charge >= 0.3 is 0 Å². The number of nitrogens with one attached hydrogen (secondary N) is 1. The van der Waals surface area contributed by atoms with Gasteiger partial charge in [-0.05, 0) is 37.1 Å². The fourth-order valence-electron chi connectivity index (χ4n) is 1.70. The van der Waals surface area contributed by atoms with E-state index in [1.54, 1.807) is 0 Å².